The third-order valence-electron chi connectivity index (χ3n) is 5.28. The lowest BCUT2D eigenvalue weighted by Gasteiger charge is -2.26. The summed E-state index contributed by atoms with van der Waals surface area (Å²) < 4.78 is 34.5. The molecule has 1 aromatic heterocycles. The lowest BCUT2D eigenvalue weighted by atomic mass is 10.1. The van der Waals surface area contributed by atoms with Crippen molar-refractivity contribution in [1.29, 1.82) is 0 Å². The van der Waals surface area contributed by atoms with Crippen molar-refractivity contribution >= 4 is 28.1 Å². The first-order valence-electron chi connectivity index (χ1n) is 10.2. The number of para-hydroxylation sites is 1. The highest BCUT2D eigenvalue weighted by Crippen LogP contribution is 2.17. The van der Waals surface area contributed by atoms with Crippen LogP contribution < -0.4 is 5.32 Å². The molecule has 10 heteroatoms. The molecule has 8 nitrogen and oxygen atoms in total. The zero-order valence-corrected chi connectivity index (χ0v) is 19.0. The van der Waals surface area contributed by atoms with Crippen LogP contribution in [0.2, 0.25) is 0 Å². The van der Waals surface area contributed by atoms with Crippen molar-refractivity contribution in [2.24, 2.45) is 0 Å². The van der Waals surface area contributed by atoms with Gasteiger partial charge in [-0.15, -0.1) is 0 Å². The first-order chi connectivity index (χ1) is 15.5. The Morgan fingerprint density at radius 1 is 1.03 bits per heavy atom. The van der Waals surface area contributed by atoms with Gasteiger partial charge in [0.05, 0.1) is 19.0 Å². The van der Waals surface area contributed by atoms with E-state index < -0.39 is 10.0 Å². The Morgan fingerprint density at radius 2 is 1.69 bits per heavy atom. The van der Waals surface area contributed by atoms with Crippen LogP contribution in [0.15, 0.2) is 60.8 Å². The van der Waals surface area contributed by atoms with Gasteiger partial charge in [-0.05, 0) is 35.5 Å². The number of hydrogen-bond donors (Lipinski definition) is 2. The average molecular weight is 473 g/mol. The first kappa shape index (κ1) is 22.4. The van der Waals surface area contributed by atoms with Crippen molar-refractivity contribution in [1.82, 2.24) is 19.2 Å². The lowest BCUT2D eigenvalue weighted by Crippen LogP contribution is -2.41. The second-order valence-electron chi connectivity index (χ2n) is 7.37. The topological polar surface area (TPSA) is 96.4 Å². The highest BCUT2D eigenvalue weighted by Gasteiger charge is 2.25. The number of benzene rings is 2. The summed E-state index contributed by atoms with van der Waals surface area (Å²) in [6.45, 7) is 1.72. The highest BCUT2D eigenvalue weighted by atomic mass is 32.2. The molecule has 0 saturated carbocycles. The number of rotatable bonds is 7. The number of aromatic amines is 1. The van der Waals surface area contributed by atoms with E-state index in [-0.39, 0.29) is 18.2 Å². The zero-order chi connectivity index (χ0) is 22.6. The maximum atomic E-state index is 12.9. The summed E-state index contributed by atoms with van der Waals surface area (Å²) in [7, 11) is -3.47. The monoisotopic (exact) mass is 472 g/mol. The fourth-order valence-electron chi connectivity index (χ4n) is 3.62. The predicted molar refractivity (Wildman–Crippen MR) is 124 cm³/mol. The number of amides is 1. The molecule has 168 valence electrons. The van der Waals surface area contributed by atoms with Crippen LogP contribution in [-0.2, 0) is 27.1 Å². The number of imidazole rings is 1. The van der Waals surface area contributed by atoms with E-state index in [1.165, 1.54) is 4.31 Å². The van der Waals surface area contributed by atoms with Gasteiger partial charge in [0.15, 0.2) is 4.77 Å². The molecule has 4 rings (SSSR count). The van der Waals surface area contributed by atoms with Gasteiger partial charge in [-0.2, -0.15) is 4.31 Å². The number of carbonyl (C=O) groups excluding carboxylic acids is 1. The molecule has 2 N–H and O–H groups in total. The largest absolute Gasteiger partial charge is 0.379 e. The SMILES string of the molecule is O=C(NCc1ccccc1CS(=O)(=O)N1CCOCC1)c1c[nH]c(=S)n1-c1ccccc1. The molecule has 0 aliphatic carbocycles. The Kier molecular flexibility index (Phi) is 6.85. The van der Waals surface area contributed by atoms with Crippen LogP contribution in [0.1, 0.15) is 21.6 Å². The Hall–Kier alpha value is -2.79. The normalized spacial score (nSPS) is 14.9. The van der Waals surface area contributed by atoms with Gasteiger partial charge in [0.1, 0.15) is 5.69 Å². The predicted octanol–water partition coefficient (Wildman–Crippen LogP) is 2.63. The smallest absolute Gasteiger partial charge is 0.270 e. The molecular weight excluding hydrogens is 448 g/mol. The minimum atomic E-state index is -3.47. The summed E-state index contributed by atoms with van der Waals surface area (Å²) in [5, 5.41) is 2.89. The minimum Gasteiger partial charge on any atom is -0.379 e. The summed E-state index contributed by atoms with van der Waals surface area (Å²) in [6, 6.07) is 16.6. The third kappa shape index (κ3) is 4.99. The number of ether oxygens (including phenoxy) is 1. The molecule has 1 aliphatic rings. The molecule has 32 heavy (non-hydrogen) atoms. The summed E-state index contributed by atoms with van der Waals surface area (Å²) in [4.78, 5) is 15.8. The van der Waals surface area contributed by atoms with Crippen molar-refractivity contribution in [3.8, 4) is 5.69 Å². The first-order valence-corrected chi connectivity index (χ1v) is 12.2. The van der Waals surface area contributed by atoms with Crippen LogP contribution in [0, 0.1) is 4.77 Å². The van der Waals surface area contributed by atoms with Gasteiger partial charge in [-0.25, -0.2) is 8.42 Å². The van der Waals surface area contributed by atoms with Crippen molar-refractivity contribution < 1.29 is 17.9 Å². The van der Waals surface area contributed by atoms with Gasteiger partial charge < -0.3 is 15.0 Å². The number of nitrogens with one attached hydrogen (secondary N) is 2. The number of carbonyl (C=O) groups is 1. The van der Waals surface area contributed by atoms with E-state index in [0.29, 0.717) is 42.3 Å². The maximum absolute atomic E-state index is 12.9. The summed E-state index contributed by atoms with van der Waals surface area (Å²) in [5.74, 6) is -0.434. The van der Waals surface area contributed by atoms with Crippen LogP contribution in [0.3, 0.4) is 0 Å². The Labute approximate surface area is 191 Å². The standard InChI is InChI=1S/C22H24N4O4S2/c27-21(20-15-24-22(31)26(20)19-8-2-1-3-9-19)23-14-17-6-4-5-7-18(17)16-32(28,29)25-10-12-30-13-11-25/h1-9,15H,10-14,16H2,(H,23,27)(H,24,31). The Balaban J connectivity index is 1.50. The van der Waals surface area contributed by atoms with Crippen molar-refractivity contribution in [2.75, 3.05) is 26.3 Å². The van der Waals surface area contributed by atoms with E-state index >= 15 is 0 Å². The number of aromatic nitrogens is 2. The van der Waals surface area contributed by atoms with Gasteiger partial charge in [-0.1, -0.05) is 42.5 Å². The summed E-state index contributed by atoms with van der Waals surface area (Å²) in [6.07, 6.45) is 1.57. The number of sulfonamides is 1. The molecule has 2 heterocycles. The van der Waals surface area contributed by atoms with Gasteiger partial charge in [0, 0.05) is 31.5 Å². The van der Waals surface area contributed by atoms with E-state index in [0.717, 1.165) is 11.3 Å². The molecule has 1 fully saturated rings. The molecule has 0 radical (unpaired) electrons. The fraction of sp³-hybridized carbons (Fsp3) is 0.273. The van der Waals surface area contributed by atoms with Crippen molar-refractivity contribution in [3.05, 3.63) is 82.4 Å². The van der Waals surface area contributed by atoms with E-state index in [1.54, 1.807) is 22.9 Å². The summed E-state index contributed by atoms with van der Waals surface area (Å²) in [5.41, 5.74) is 2.56. The molecule has 1 aliphatic heterocycles. The molecular formula is C22H24N4O4S2. The molecule has 1 amide bonds. The summed E-state index contributed by atoms with van der Waals surface area (Å²) >= 11 is 5.34. The second-order valence-corrected chi connectivity index (χ2v) is 9.72. The third-order valence-corrected chi connectivity index (χ3v) is 7.41. The molecule has 0 bridgehead atoms. The van der Waals surface area contributed by atoms with Crippen LogP contribution in [-0.4, -0.2) is 54.5 Å². The molecule has 1 saturated heterocycles. The van der Waals surface area contributed by atoms with Gasteiger partial charge in [0.2, 0.25) is 10.0 Å². The molecule has 0 spiro atoms. The van der Waals surface area contributed by atoms with Crippen LogP contribution >= 0.6 is 12.2 Å². The molecule has 0 unspecified atom stereocenters. The number of nitrogens with zero attached hydrogens (tertiary/aromatic N) is 2. The highest BCUT2D eigenvalue weighted by molar-refractivity contribution is 7.88. The van der Waals surface area contributed by atoms with E-state index in [4.69, 9.17) is 17.0 Å². The molecule has 2 aromatic carbocycles. The van der Waals surface area contributed by atoms with Crippen LogP contribution in [0.4, 0.5) is 0 Å². The minimum absolute atomic E-state index is 0.122. The second kappa shape index (κ2) is 9.78. The number of H-pyrrole nitrogens is 1. The molecule has 3 aromatic rings. The zero-order valence-electron chi connectivity index (χ0n) is 17.4. The maximum Gasteiger partial charge on any atom is 0.270 e. The fourth-order valence-corrected chi connectivity index (χ4v) is 5.44. The lowest BCUT2D eigenvalue weighted by molar-refractivity contribution is 0.0729. The van der Waals surface area contributed by atoms with Crippen LogP contribution in [0.25, 0.3) is 5.69 Å². The van der Waals surface area contributed by atoms with Gasteiger partial charge >= 0.3 is 0 Å². The Morgan fingerprint density at radius 3 is 2.41 bits per heavy atom. The quantitative estimate of drug-likeness (QED) is 0.516. The van der Waals surface area contributed by atoms with Crippen molar-refractivity contribution in [2.45, 2.75) is 12.3 Å². The van der Waals surface area contributed by atoms with Crippen LogP contribution in [0.5, 0.6) is 0 Å². The Bertz CT molecular complexity index is 1250. The van der Waals surface area contributed by atoms with Gasteiger partial charge in [0.25, 0.3) is 5.91 Å². The van der Waals surface area contributed by atoms with E-state index in [2.05, 4.69) is 10.3 Å². The van der Waals surface area contributed by atoms with E-state index in [9.17, 15) is 13.2 Å². The van der Waals surface area contributed by atoms with Crippen molar-refractivity contribution in [3.63, 3.8) is 0 Å². The number of hydrogen-bond acceptors (Lipinski definition) is 5. The molecule has 0 atom stereocenters. The van der Waals surface area contributed by atoms with E-state index in [1.807, 2.05) is 42.5 Å². The number of morpholine rings is 1. The average Bonchev–Trinajstić information content (AvgIpc) is 3.20. The van der Waals surface area contributed by atoms with Gasteiger partial charge in [-0.3, -0.25) is 9.36 Å².